The molecule has 4 nitrogen and oxygen atoms in total. The largest absolute Gasteiger partial charge is 0.363 e. The summed E-state index contributed by atoms with van der Waals surface area (Å²) in [6.45, 7) is 4.92. The number of rotatable bonds is 3. The maximum absolute atomic E-state index is 10.5. The van der Waals surface area contributed by atoms with Crippen LogP contribution in [-0.4, -0.2) is 37.1 Å². The van der Waals surface area contributed by atoms with Crippen molar-refractivity contribution in [1.82, 2.24) is 15.5 Å². The maximum atomic E-state index is 10.5. The number of carbonyl (C=O) groups excluding carboxylic acids is 1. The lowest BCUT2D eigenvalue weighted by molar-refractivity contribution is -0.118. The second kappa shape index (κ2) is 4.77. The van der Waals surface area contributed by atoms with Crippen molar-refractivity contribution in [2.45, 2.75) is 6.92 Å². The van der Waals surface area contributed by atoms with E-state index < -0.39 is 0 Å². The molecule has 0 aromatic rings. The van der Waals surface area contributed by atoms with Crippen molar-refractivity contribution in [3.63, 3.8) is 0 Å². The number of carbonyl (C=O) groups is 1. The Morgan fingerprint density at radius 2 is 2.58 bits per heavy atom. The van der Waals surface area contributed by atoms with Gasteiger partial charge in [-0.2, -0.15) is 0 Å². The Hall–Kier alpha value is -1.03. The summed E-state index contributed by atoms with van der Waals surface area (Å²) < 4.78 is 0. The lowest BCUT2D eigenvalue weighted by Crippen LogP contribution is -2.38. The van der Waals surface area contributed by atoms with Gasteiger partial charge in [0, 0.05) is 26.6 Å². The molecule has 0 saturated heterocycles. The van der Waals surface area contributed by atoms with Crippen LogP contribution < -0.4 is 10.6 Å². The van der Waals surface area contributed by atoms with Gasteiger partial charge in [-0.25, -0.2) is 0 Å². The van der Waals surface area contributed by atoms with E-state index in [1.807, 2.05) is 0 Å². The molecule has 0 spiro atoms. The van der Waals surface area contributed by atoms with Gasteiger partial charge >= 0.3 is 0 Å². The van der Waals surface area contributed by atoms with Crippen LogP contribution in [0.2, 0.25) is 0 Å². The van der Waals surface area contributed by atoms with Gasteiger partial charge in [-0.3, -0.25) is 10.1 Å². The minimum atomic E-state index is 0.0314. The summed E-state index contributed by atoms with van der Waals surface area (Å²) in [6.07, 6.45) is 4.12. The average molecular weight is 169 g/mol. The Balaban J connectivity index is 2.09. The van der Waals surface area contributed by atoms with Crippen LogP contribution in [0.5, 0.6) is 0 Å². The number of hydrogen-bond acceptors (Lipinski definition) is 3. The van der Waals surface area contributed by atoms with E-state index >= 15 is 0 Å². The van der Waals surface area contributed by atoms with Crippen LogP contribution >= 0.6 is 0 Å². The molecular weight excluding hydrogens is 154 g/mol. The Morgan fingerprint density at radius 3 is 3.17 bits per heavy atom. The van der Waals surface area contributed by atoms with Crippen LogP contribution in [0.3, 0.4) is 0 Å². The first-order valence-corrected chi connectivity index (χ1v) is 4.15. The molecule has 12 heavy (non-hydrogen) atoms. The van der Waals surface area contributed by atoms with E-state index in [1.54, 1.807) is 0 Å². The van der Waals surface area contributed by atoms with Crippen LogP contribution in [-0.2, 0) is 4.79 Å². The lowest BCUT2D eigenvalue weighted by atomic mass is 10.4. The number of amides is 1. The van der Waals surface area contributed by atoms with Gasteiger partial charge in [-0.1, -0.05) is 6.08 Å². The van der Waals surface area contributed by atoms with Gasteiger partial charge < -0.3 is 10.2 Å². The molecular formula is C8H15N3O. The molecule has 0 atom stereocenters. The summed E-state index contributed by atoms with van der Waals surface area (Å²) >= 11 is 0. The van der Waals surface area contributed by atoms with Crippen molar-refractivity contribution in [3.8, 4) is 0 Å². The molecule has 0 radical (unpaired) electrons. The van der Waals surface area contributed by atoms with Crippen LogP contribution in [0.1, 0.15) is 6.92 Å². The van der Waals surface area contributed by atoms with Crippen LogP contribution in [0.25, 0.3) is 0 Å². The monoisotopic (exact) mass is 169 g/mol. The van der Waals surface area contributed by atoms with Crippen LogP contribution in [0.4, 0.5) is 0 Å². The Bertz CT molecular complexity index is 179. The average Bonchev–Trinajstić information content (AvgIpc) is 2.05. The SMILES string of the molecule is CC(=O)NCCN1C=CCNC1. The fourth-order valence-electron chi connectivity index (χ4n) is 1.08. The first kappa shape index (κ1) is 9.06. The van der Waals surface area contributed by atoms with Crippen molar-refractivity contribution in [3.05, 3.63) is 12.3 Å². The minimum Gasteiger partial charge on any atom is -0.363 e. The molecule has 0 aliphatic carbocycles. The fourth-order valence-corrected chi connectivity index (χ4v) is 1.08. The van der Waals surface area contributed by atoms with Crippen molar-refractivity contribution in [1.29, 1.82) is 0 Å². The van der Waals surface area contributed by atoms with E-state index in [9.17, 15) is 4.79 Å². The van der Waals surface area contributed by atoms with Crippen LogP contribution in [0, 0.1) is 0 Å². The van der Waals surface area contributed by atoms with Gasteiger partial charge in [-0.05, 0) is 6.20 Å². The Labute approximate surface area is 72.6 Å². The van der Waals surface area contributed by atoms with Gasteiger partial charge in [0.25, 0.3) is 0 Å². The Morgan fingerprint density at radius 1 is 1.75 bits per heavy atom. The van der Waals surface area contributed by atoms with Gasteiger partial charge in [0.15, 0.2) is 0 Å². The van der Waals surface area contributed by atoms with Gasteiger partial charge in [0.05, 0.1) is 6.67 Å². The molecule has 4 heteroatoms. The molecule has 68 valence electrons. The third-order valence-electron chi connectivity index (χ3n) is 1.67. The molecule has 0 bridgehead atoms. The normalized spacial score (nSPS) is 16.2. The van der Waals surface area contributed by atoms with E-state index in [-0.39, 0.29) is 5.91 Å². The predicted octanol–water partition coefficient (Wildman–Crippen LogP) is -0.501. The first-order valence-electron chi connectivity index (χ1n) is 4.15. The molecule has 2 N–H and O–H groups in total. The highest BCUT2D eigenvalue weighted by Gasteiger charge is 2.01. The van der Waals surface area contributed by atoms with E-state index in [2.05, 4.69) is 27.8 Å². The summed E-state index contributed by atoms with van der Waals surface area (Å²) in [6, 6.07) is 0. The van der Waals surface area contributed by atoms with E-state index in [1.165, 1.54) is 6.92 Å². The quantitative estimate of drug-likeness (QED) is 0.598. The zero-order valence-electron chi connectivity index (χ0n) is 7.34. The fraction of sp³-hybridized carbons (Fsp3) is 0.625. The molecule has 0 fully saturated rings. The molecule has 0 unspecified atom stereocenters. The number of hydrogen-bond donors (Lipinski definition) is 2. The first-order chi connectivity index (χ1) is 5.79. The zero-order chi connectivity index (χ0) is 8.81. The number of nitrogens with one attached hydrogen (secondary N) is 2. The van der Waals surface area contributed by atoms with Gasteiger partial charge in [0.2, 0.25) is 5.91 Å². The van der Waals surface area contributed by atoms with Gasteiger partial charge in [-0.15, -0.1) is 0 Å². The van der Waals surface area contributed by atoms with E-state index in [0.717, 1.165) is 19.8 Å². The molecule has 0 aromatic carbocycles. The molecule has 1 amide bonds. The maximum Gasteiger partial charge on any atom is 0.216 e. The van der Waals surface area contributed by atoms with Crippen molar-refractivity contribution < 1.29 is 4.79 Å². The summed E-state index contributed by atoms with van der Waals surface area (Å²) in [5.74, 6) is 0.0314. The highest BCUT2D eigenvalue weighted by molar-refractivity contribution is 5.72. The highest BCUT2D eigenvalue weighted by atomic mass is 16.1. The van der Waals surface area contributed by atoms with E-state index in [0.29, 0.717) is 6.54 Å². The summed E-state index contributed by atoms with van der Waals surface area (Å²) in [5.41, 5.74) is 0. The highest BCUT2D eigenvalue weighted by Crippen LogP contribution is 1.90. The third-order valence-corrected chi connectivity index (χ3v) is 1.67. The summed E-state index contributed by atoms with van der Waals surface area (Å²) in [5, 5.41) is 5.95. The zero-order valence-corrected chi connectivity index (χ0v) is 7.34. The summed E-state index contributed by atoms with van der Waals surface area (Å²) in [4.78, 5) is 12.6. The van der Waals surface area contributed by atoms with E-state index in [4.69, 9.17) is 0 Å². The van der Waals surface area contributed by atoms with Crippen molar-refractivity contribution in [2.75, 3.05) is 26.3 Å². The van der Waals surface area contributed by atoms with Crippen molar-refractivity contribution >= 4 is 5.91 Å². The molecule has 0 aromatic heterocycles. The minimum absolute atomic E-state index is 0.0314. The molecule has 1 aliphatic rings. The topological polar surface area (TPSA) is 44.4 Å². The second-order valence-corrected chi connectivity index (χ2v) is 2.79. The molecule has 1 heterocycles. The molecule has 1 aliphatic heterocycles. The molecule has 1 rings (SSSR count). The predicted molar refractivity (Wildman–Crippen MR) is 47.4 cm³/mol. The van der Waals surface area contributed by atoms with Crippen LogP contribution in [0.15, 0.2) is 12.3 Å². The smallest absolute Gasteiger partial charge is 0.216 e. The lowest BCUT2D eigenvalue weighted by Gasteiger charge is -2.23. The van der Waals surface area contributed by atoms with Gasteiger partial charge in [0.1, 0.15) is 0 Å². The summed E-state index contributed by atoms with van der Waals surface area (Å²) in [7, 11) is 0. The third kappa shape index (κ3) is 3.39. The van der Waals surface area contributed by atoms with Crippen molar-refractivity contribution in [2.24, 2.45) is 0 Å². The second-order valence-electron chi connectivity index (χ2n) is 2.79. The Kier molecular flexibility index (Phi) is 3.60. The molecule has 0 saturated carbocycles. The number of nitrogens with zero attached hydrogens (tertiary/aromatic N) is 1. The standard InChI is InChI=1S/C8H15N3O/c1-8(12)10-4-6-11-5-2-3-9-7-11/h2,5,9H,3-4,6-7H2,1H3,(H,10,12).